The molecule has 4 rings (SSSR count). The molecule has 8 nitrogen and oxygen atoms in total. The normalized spacial score (nSPS) is 13.4. The largest absolute Gasteiger partial charge is 0.497 e. The molecule has 0 aliphatic carbocycles. The van der Waals surface area contributed by atoms with Crippen LogP contribution in [0.4, 0.5) is 10.8 Å². The maximum absolute atomic E-state index is 12.9. The maximum Gasteiger partial charge on any atom is 0.263 e. The first-order valence-corrected chi connectivity index (χ1v) is 11.5. The van der Waals surface area contributed by atoms with E-state index in [1.54, 1.807) is 49.9 Å². The highest BCUT2D eigenvalue weighted by Crippen LogP contribution is 2.36. The number of methoxy groups -OCH3 is 2. The Morgan fingerprint density at radius 3 is 2.77 bits per heavy atom. The Labute approximate surface area is 179 Å². The fourth-order valence-corrected chi connectivity index (χ4v) is 5.11. The fourth-order valence-electron chi connectivity index (χ4n) is 3.13. The van der Waals surface area contributed by atoms with Crippen molar-refractivity contribution in [3.63, 3.8) is 0 Å². The van der Waals surface area contributed by atoms with E-state index >= 15 is 0 Å². The van der Waals surface area contributed by atoms with Crippen LogP contribution in [0.1, 0.15) is 0 Å². The molecular weight excluding hydrogens is 426 g/mol. The van der Waals surface area contributed by atoms with E-state index in [0.29, 0.717) is 41.7 Å². The zero-order valence-electron chi connectivity index (χ0n) is 16.7. The summed E-state index contributed by atoms with van der Waals surface area (Å²) in [5, 5.41) is 2.03. The number of thiazole rings is 1. The molecule has 1 aliphatic heterocycles. The zero-order chi connectivity index (χ0) is 21.3. The number of ether oxygens (including phenoxy) is 3. The minimum atomic E-state index is -3.81. The van der Waals surface area contributed by atoms with Gasteiger partial charge in [0, 0.05) is 18.0 Å². The Hall–Kier alpha value is -2.98. The first kappa shape index (κ1) is 20.3. The van der Waals surface area contributed by atoms with Crippen molar-refractivity contribution in [2.45, 2.75) is 4.90 Å². The van der Waals surface area contributed by atoms with Crippen LogP contribution < -0.4 is 23.8 Å². The summed E-state index contributed by atoms with van der Waals surface area (Å²) in [6.45, 7) is 1.27. The molecule has 2 aromatic carbocycles. The Morgan fingerprint density at radius 2 is 2.00 bits per heavy atom. The molecule has 30 heavy (non-hydrogen) atoms. The summed E-state index contributed by atoms with van der Waals surface area (Å²) in [6.07, 6.45) is 0. The summed E-state index contributed by atoms with van der Waals surface area (Å²) < 4.78 is 44.6. The smallest absolute Gasteiger partial charge is 0.263 e. The number of fused-ring (bicyclic) bond motifs is 1. The zero-order valence-corrected chi connectivity index (χ0v) is 18.3. The molecule has 0 unspecified atom stereocenters. The van der Waals surface area contributed by atoms with Crippen LogP contribution in [0.15, 0.2) is 46.7 Å². The molecule has 1 aliphatic rings. The summed E-state index contributed by atoms with van der Waals surface area (Å²) in [5.41, 5.74) is 2.04. The van der Waals surface area contributed by atoms with E-state index in [4.69, 9.17) is 14.2 Å². The Kier molecular flexibility index (Phi) is 5.44. The van der Waals surface area contributed by atoms with Crippen molar-refractivity contribution < 1.29 is 22.6 Å². The summed E-state index contributed by atoms with van der Waals surface area (Å²) in [6, 6.07) is 10.2. The lowest BCUT2D eigenvalue weighted by atomic mass is 10.1. The molecule has 0 saturated heterocycles. The molecule has 0 saturated carbocycles. The highest BCUT2D eigenvalue weighted by Gasteiger charge is 2.22. The first-order chi connectivity index (χ1) is 14.4. The van der Waals surface area contributed by atoms with Crippen molar-refractivity contribution in [2.24, 2.45) is 0 Å². The number of hydrogen-bond acceptors (Lipinski definition) is 8. The van der Waals surface area contributed by atoms with Gasteiger partial charge in [-0.05, 0) is 36.4 Å². The first-order valence-electron chi connectivity index (χ1n) is 9.10. The minimum absolute atomic E-state index is 0.148. The molecular formula is C20H21N3O5S2. The van der Waals surface area contributed by atoms with Crippen molar-refractivity contribution in [1.82, 2.24) is 4.98 Å². The van der Waals surface area contributed by atoms with Gasteiger partial charge < -0.3 is 19.1 Å². The van der Waals surface area contributed by atoms with Gasteiger partial charge in [0.1, 0.15) is 23.9 Å². The van der Waals surface area contributed by atoms with E-state index in [1.165, 1.54) is 17.4 Å². The second kappa shape index (κ2) is 8.04. The van der Waals surface area contributed by atoms with Crippen LogP contribution in [0.25, 0.3) is 11.3 Å². The summed E-state index contributed by atoms with van der Waals surface area (Å²) >= 11 is 1.20. The van der Waals surface area contributed by atoms with Gasteiger partial charge in [0.25, 0.3) is 10.0 Å². The summed E-state index contributed by atoms with van der Waals surface area (Å²) in [4.78, 5) is 6.55. The SMILES string of the molecule is COc1ccc(OC)c(-c2csc(NS(=O)(=O)c3ccc4c(c3)N(C)CCO4)n2)c1. The van der Waals surface area contributed by atoms with Crippen molar-refractivity contribution in [2.75, 3.05) is 44.0 Å². The van der Waals surface area contributed by atoms with E-state index in [0.717, 1.165) is 5.69 Å². The van der Waals surface area contributed by atoms with E-state index < -0.39 is 10.0 Å². The van der Waals surface area contributed by atoms with Crippen LogP contribution in [0.2, 0.25) is 0 Å². The average Bonchev–Trinajstić information content (AvgIpc) is 3.21. The Morgan fingerprint density at radius 1 is 1.17 bits per heavy atom. The van der Waals surface area contributed by atoms with Gasteiger partial charge in [-0.3, -0.25) is 4.72 Å². The number of hydrogen-bond donors (Lipinski definition) is 1. The fraction of sp³-hybridized carbons (Fsp3) is 0.250. The number of nitrogens with one attached hydrogen (secondary N) is 1. The quantitative estimate of drug-likeness (QED) is 0.619. The lowest BCUT2D eigenvalue weighted by Gasteiger charge is -2.27. The molecule has 1 N–H and O–H groups in total. The van der Waals surface area contributed by atoms with Crippen LogP contribution in [0.5, 0.6) is 17.2 Å². The number of rotatable bonds is 6. The van der Waals surface area contributed by atoms with Crippen LogP contribution in [0, 0.1) is 0 Å². The second-order valence-electron chi connectivity index (χ2n) is 6.61. The predicted molar refractivity (Wildman–Crippen MR) is 117 cm³/mol. The molecule has 158 valence electrons. The van der Waals surface area contributed by atoms with Crippen molar-refractivity contribution in [1.29, 1.82) is 0 Å². The minimum Gasteiger partial charge on any atom is -0.497 e. The summed E-state index contributed by atoms with van der Waals surface area (Å²) in [5.74, 6) is 1.94. The second-order valence-corrected chi connectivity index (χ2v) is 9.15. The van der Waals surface area contributed by atoms with Crippen molar-refractivity contribution >= 4 is 32.2 Å². The Bertz CT molecular complexity index is 1180. The number of nitrogens with zero attached hydrogens (tertiary/aromatic N) is 2. The molecule has 3 aromatic rings. The lowest BCUT2D eigenvalue weighted by Crippen LogP contribution is -2.29. The number of aromatic nitrogens is 1. The number of sulfonamides is 1. The summed E-state index contributed by atoms with van der Waals surface area (Å²) in [7, 11) is 1.24. The van der Waals surface area contributed by atoms with Gasteiger partial charge in [0.05, 0.1) is 37.0 Å². The van der Waals surface area contributed by atoms with Crippen molar-refractivity contribution in [3.05, 3.63) is 41.8 Å². The topological polar surface area (TPSA) is 90.0 Å². The molecule has 0 amide bonds. The lowest BCUT2D eigenvalue weighted by molar-refractivity contribution is 0.311. The Balaban J connectivity index is 1.62. The molecule has 10 heteroatoms. The molecule has 1 aromatic heterocycles. The van der Waals surface area contributed by atoms with Crippen LogP contribution in [0.3, 0.4) is 0 Å². The van der Waals surface area contributed by atoms with Crippen LogP contribution >= 0.6 is 11.3 Å². The third kappa shape index (κ3) is 3.88. The molecule has 0 radical (unpaired) electrons. The van der Waals surface area contributed by atoms with Gasteiger partial charge >= 0.3 is 0 Å². The van der Waals surface area contributed by atoms with Gasteiger partial charge in [0.2, 0.25) is 0 Å². The molecule has 2 heterocycles. The molecule has 0 bridgehead atoms. The number of benzene rings is 2. The van der Waals surface area contributed by atoms with E-state index in [2.05, 4.69) is 9.71 Å². The molecule has 0 atom stereocenters. The monoisotopic (exact) mass is 447 g/mol. The van der Waals surface area contributed by atoms with Gasteiger partial charge in [-0.2, -0.15) is 0 Å². The molecule has 0 fully saturated rings. The highest BCUT2D eigenvalue weighted by molar-refractivity contribution is 7.93. The highest BCUT2D eigenvalue weighted by atomic mass is 32.2. The number of anilines is 2. The van der Waals surface area contributed by atoms with E-state index in [1.807, 2.05) is 11.9 Å². The standard InChI is InChI=1S/C20H21N3O5S2/c1-23-8-9-28-19-7-5-14(11-17(19)23)30(24,25)22-20-21-16(12-29-20)15-10-13(26-2)4-6-18(15)27-3/h4-7,10-12H,8-9H2,1-3H3,(H,21,22). The van der Waals surface area contributed by atoms with Crippen molar-refractivity contribution in [3.8, 4) is 28.5 Å². The van der Waals surface area contributed by atoms with Gasteiger partial charge in [0.15, 0.2) is 5.13 Å². The van der Waals surface area contributed by atoms with Crippen LogP contribution in [-0.2, 0) is 10.0 Å². The third-order valence-electron chi connectivity index (χ3n) is 4.74. The van der Waals surface area contributed by atoms with Gasteiger partial charge in [-0.15, -0.1) is 11.3 Å². The number of likely N-dealkylation sites (N-methyl/N-ethyl adjacent to an activating group) is 1. The average molecular weight is 448 g/mol. The van der Waals surface area contributed by atoms with Gasteiger partial charge in [-0.1, -0.05) is 0 Å². The van der Waals surface area contributed by atoms with Crippen LogP contribution in [-0.4, -0.2) is 47.8 Å². The van der Waals surface area contributed by atoms with Gasteiger partial charge in [-0.25, -0.2) is 13.4 Å². The van der Waals surface area contributed by atoms with E-state index in [-0.39, 0.29) is 10.0 Å². The third-order valence-corrected chi connectivity index (χ3v) is 6.97. The molecule has 0 spiro atoms. The maximum atomic E-state index is 12.9. The predicted octanol–water partition coefficient (Wildman–Crippen LogP) is 3.46. The van der Waals surface area contributed by atoms with E-state index in [9.17, 15) is 8.42 Å².